The molecule has 2 aromatic carbocycles. The Kier molecular flexibility index (Phi) is 5.55. The van der Waals surface area contributed by atoms with Gasteiger partial charge in [-0.05, 0) is 31.9 Å². The van der Waals surface area contributed by atoms with Gasteiger partial charge in [0.2, 0.25) is 0 Å². The molecule has 0 saturated carbocycles. The van der Waals surface area contributed by atoms with Crippen LogP contribution < -0.4 is 10.8 Å². The summed E-state index contributed by atoms with van der Waals surface area (Å²) >= 11 is 0. The average Bonchev–Trinajstić information content (AvgIpc) is 2.47. The van der Waals surface area contributed by atoms with Crippen LogP contribution >= 0.6 is 0 Å². The second kappa shape index (κ2) is 7.61. The number of urea groups is 1. The fourth-order valence-electron chi connectivity index (χ4n) is 2.33. The minimum absolute atomic E-state index is 0.0843. The Morgan fingerprint density at radius 3 is 2.36 bits per heavy atom. The van der Waals surface area contributed by atoms with Crippen LogP contribution in [0.25, 0.3) is 0 Å². The van der Waals surface area contributed by atoms with E-state index in [1.54, 1.807) is 0 Å². The molecular weight excluding hydrogens is 276 g/mol. The molecule has 2 rings (SSSR count). The van der Waals surface area contributed by atoms with Gasteiger partial charge in [-0.2, -0.15) is 0 Å². The molecule has 0 radical (unpaired) electrons. The van der Waals surface area contributed by atoms with Crippen molar-refractivity contribution >= 4 is 6.03 Å². The van der Waals surface area contributed by atoms with Crippen molar-refractivity contribution in [2.45, 2.75) is 33.4 Å². The van der Waals surface area contributed by atoms with Gasteiger partial charge in [0.15, 0.2) is 0 Å². The van der Waals surface area contributed by atoms with Gasteiger partial charge in [-0.3, -0.25) is 4.84 Å². The van der Waals surface area contributed by atoms with Gasteiger partial charge in [0.25, 0.3) is 0 Å². The van der Waals surface area contributed by atoms with Gasteiger partial charge in [0, 0.05) is 0 Å². The summed E-state index contributed by atoms with van der Waals surface area (Å²) in [5, 5.41) is 2.86. The normalized spacial score (nSPS) is 11.8. The van der Waals surface area contributed by atoms with Crippen LogP contribution in [0.2, 0.25) is 0 Å². The molecule has 0 heterocycles. The molecule has 0 spiro atoms. The zero-order valence-electron chi connectivity index (χ0n) is 13.2. The maximum atomic E-state index is 11.8. The molecule has 1 unspecified atom stereocenters. The van der Waals surface area contributed by atoms with Gasteiger partial charge in [0.1, 0.15) is 0 Å². The Hall–Kier alpha value is -2.33. The SMILES string of the molecule is Cc1cc(C)cc(C(C)NC(=O)NOCc2ccccc2)c1. The van der Waals surface area contributed by atoms with E-state index in [9.17, 15) is 4.79 Å². The maximum Gasteiger partial charge on any atom is 0.339 e. The summed E-state index contributed by atoms with van der Waals surface area (Å²) in [5.74, 6) is 0. The molecule has 116 valence electrons. The number of rotatable bonds is 5. The van der Waals surface area contributed by atoms with Crippen LogP contribution in [-0.2, 0) is 11.4 Å². The number of nitrogens with one attached hydrogen (secondary N) is 2. The Morgan fingerprint density at radius 2 is 1.73 bits per heavy atom. The summed E-state index contributed by atoms with van der Waals surface area (Å²) in [5.41, 5.74) is 6.86. The maximum absolute atomic E-state index is 11.8. The van der Waals surface area contributed by atoms with Crippen LogP contribution in [0.3, 0.4) is 0 Å². The summed E-state index contributed by atoms with van der Waals surface area (Å²) < 4.78 is 0. The third kappa shape index (κ3) is 4.90. The molecule has 4 heteroatoms. The summed E-state index contributed by atoms with van der Waals surface area (Å²) in [4.78, 5) is 17.0. The monoisotopic (exact) mass is 298 g/mol. The van der Waals surface area contributed by atoms with E-state index in [4.69, 9.17) is 4.84 Å². The highest BCUT2D eigenvalue weighted by molar-refractivity contribution is 5.73. The number of carbonyl (C=O) groups excluding carboxylic acids is 1. The molecule has 0 bridgehead atoms. The first-order valence-corrected chi connectivity index (χ1v) is 7.35. The van der Waals surface area contributed by atoms with E-state index >= 15 is 0 Å². The van der Waals surface area contributed by atoms with Crippen molar-refractivity contribution in [1.82, 2.24) is 10.8 Å². The zero-order valence-corrected chi connectivity index (χ0v) is 13.2. The molecule has 0 aliphatic rings. The highest BCUT2D eigenvalue weighted by Gasteiger charge is 2.10. The molecule has 2 aromatic rings. The number of hydroxylamine groups is 1. The first-order chi connectivity index (χ1) is 10.5. The number of benzene rings is 2. The minimum atomic E-state index is -0.345. The van der Waals surface area contributed by atoms with Gasteiger partial charge < -0.3 is 5.32 Å². The summed E-state index contributed by atoms with van der Waals surface area (Å²) in [7, 11) is 0. The molecule has 0 aliphatic heterocycles. The van der Waals surface area contributed by atoms with Gasteiger partial charge in [0.05, 0.1) is 12.6 Å². The Balaban J connectivity index is 1.81. The van der Waals surface area contributed by atoms with Crippen molar-refractivity contribution in [3.8, 4) is 0 Å². The topological polar surface area (TPSA) is 50.4 Å². The molecule has 1 atom stereocenters. The molecule has 0 aromatic heterocycles. The van der Waals surface area contributed by atoms with E-state index < -0.39 is 0 Å². The highest BCUT2D eigenvalue weighted by Crippen LogP contribution is 2.16. The lowest BCUT2D eigenvalue weighted by Crippen LogP contribution is -2.37. The van der Waals surface area contributed by atoms with Gasteiger partial charge >= 0.3 is 6.03 Å². The number of hydrogen-bond donors (Lipinski definition) is 2. The molecule has 0 fully saturated rings. The molecule has 22 heavy (non-hydrogen) atoms. The predicted octanol–water partition coefficient (Wildman–Crippen LogP) is 3.80. The Labute approximate surface area is 131 Å². The molecular formula is C18H22N2O2. The lowest BCUT2D eigenvalue weighted by Gasteiger charge is -2.16. The van der Waals surface area contributed by atoms with E-state index in [1.807, 2.05) is 51.1 Å². The molecule has 2 N–H and O–H groups in total. The average molecular weight is 298 g/mol. The number of hydrogen-bond acceptors (Lipinski definition) is 2. The first-order valence-electron chi connectivity index (χ1n) is 7.35. The summed E-state index contributed by atoms with van der Waals surface area (Å²) in [6.07, 6.45) is 0. The van der Waals surface area contributed by atoms with E-state index in [0.717, 1.165) is 11.1 Å². The standard InChI is InChI=1S/C18H22N2O2/c1-13-9-14(2)11-17(10-13)15(3)19-18(21)20-22-12-16-7-5-4-6-8-16/h4-11,15H,12H2,1-3H3,(H2,19,20,21). The lowest BCUT2D eigenvalue weighted by atomic mass is 10.0. The third-order valence-corrected chi connectivity index (χ3v) is 3.34. The predicted molar refractivity (Wildman–Crippen MR) is 87.2 cm³/mol. The number of aryl methyl sites for hydroxylation is 2. The molecule has 0 aliphatic carbocycles. The Morgan fingerprint density at radius 1 is 1.09 bits per heavy atom. The van der Waals surface area contributed by atoms with Crippen LogP contribution in [0.1, 0.15) is 35.2 Å². The second-order valence-electron chi connectivity index (χ2n) is 5.49. The fraction of sp³-hybridized carbons (Fsp3) is 0.278. The van der Waals surface area contributed by atoms with Crippen molar-refractivity contribution in [3.05, 3.63) is 70.8 Å². The van der Waals surface area contributed by atoms with Crippen LogP contribution in [0, 0.1) is 13.8 Å². The third-order valence-electron chi connectivity index (χ3n) is 3.34. The quantitative estimate of drug-likeness (QED) is 0.825. The van der Waals surface area contributed by atoms with Crippen LogP contribution in [0.4, 0.5) is 4.79 Å². The lowest BCUT2D eigenvalue weighted by molar-refractivity contribution is 0.0483. The minimum Gasteiger partial charge on any atom is -0.330 e. The summed E-state index contributed by atoms with van der Waals surface area (Å²) in [6.45, 7) is 6.38. The van der Waals surface area contributed by atoms with Crippen molar-refractivity contribution in [2.24, 2.45) is 0 Å². The van der Waals surface area contributed by atoms with Crippen LogP contribution in [0.15, 0.2) is 48.5 Å². The van der Waals surface area contributed by atoms with Crippen molar-refractivity contribution in [1.29, 1.82) is 0 Å². The second-order valence-corrected chi connectivity index (χ2v) is 5.49. The molecule has 0 saturated heterocycles. The van der Waals surface area contributed by atoms with Crippen molar-refractivity contribution < 1.29 is 9.63 Å². The zero-order chi connectivity index (χ0) is 15.9. The van der Waals surface area contributed by atoms with E-state index in [2.05, 4.69) is 29.0 Å². The van der Waals surface area contributed by atoms with Gasteiger partial charge in [-0.25, -0.2) is 10.3 Å². The summed E-state index contributed by atoms with van der Waals surface area (Å²) in [6, 6.07) is 15.5. The molecule has 4 nitrogen and oxygen atoms in total. The highest BCUT2D eigenvalue weighted by atomic mass is 16.7. The van der Waals surface area contributed by atoms with E-state index in [0.29, 0.717) is 6.61 Å². The first kappa shape index (κ1) is 16.0. The van der Waals surface area contributed by atoms with E-state index in [-0.39, 0.29) is 12.1 Å². The van der Waals surface area contributed by atoms with Crippen molar-refractivity contribution in [2.75, 3.05) is 0 Å². The van der Waals surface area contributed by atoms with Gasteiger partial charge in [-0.15, -0.1) is 0 Å². The van der Waals surface area contributed by atoms with Crippen LogP contribution in [-0.4, -0.2) is 6.03 Å². The number of carbonyl (C=O) groups is 1. The fourth-order valence-corrected chi connectivity index (χ4v) is 2.33. The van der Waals surface area contributed by atoms with Crippen LogP contribution in [0.5, 0.6) is 0 Å². The largest absolute Gasteiger partial charge is 0.339 e. The molecule has 2 amide bonds. The van der Waals surface area contributed by atoms with E-state index in [1.165, 1.54) is 11.1 Å². The smallest absolute Gasteiger partial charge is 0.330 e. The van der Waals surface area contributed by atoms with Crippen molar-refractivity contribution in [3.63, 3.8) is 0 Å². The Bertz CT molecular complexity index is 606. The number of amides is 2. The van der Waals surface area contributed by atoms with Gasteiger partial charge in [-0.1, -0.05) is 59.7 Å².